The molecule has 2 aromatic rings. The quantitative estimate of drug-likeness (QED) is 0.783. The molecule has 4 rings (SSSR count). The lowest BCUT2D eigenvalue weighted by Gasteiger charge is -2.26. The zero-order valence-electron chi connectivity index (χ0n) is 18.0. The summed E-state index contributed by atoms with van der Waals surface area (Å²) in [5.74, 6) is 1.64. The Labute approximate surface area is 176 Å². The van der Waals surface area contributed by atoms with Gasteiger partial charge in [-0.05, 0) is 31.2 Å². The Morgan fingerprint density at radius 2 is 2.00 bits per heavy atom. The molecule has 1 N–H and O–H groups in total. The molecule has 1 saturated heterocycles. The second-order valence-corrected chi connectivity index (χ2v) is 8.49. The summed E-state index contributed by atoms with van der Waals surface area (Å²) >= 11 is 0. The summed E-state index contributed by atoms with van der Waals surface area (Å²) in [4.78, 5) is 27.0. The highest BCUT2D eigenvalue weighted by Gasteiger charge is 2.32. The van der Waals surface area contributed by atoms with Gasteiger partial charge in [-0.25, -0.2) is 0 Å². The smallest absolute Gasteiger partial charge is 0.290 e. The average molecular weight is 415 g/mol. The molecule has 2 aliphatic rings. The second-order valence-electron chi connectivity index (χ2n) is 8.49. The molecule has 0 bridgehead atoms. The summed E-state index contributed by atoms with van der Waals surface area (Å²) in [6.07, 6.45) is 4.41. The summed E-state index contributed by atoms with van der Waals surface area (Å²) < 4.78 is 13.1. The number of morpholine rings is 1. The van der Waals surface area contributed by atoms with Gasteiger partial charge in [0.2, 0.25) is 5.91 Å². The number of nitrogens with zero attached hydrogens (tertiary/aromatic N) is 3. The summed E-state index contributed by atoms with van der Waals surface area (Å²) in [5.41, 5.74) is 3.65. The van der Waals surface area contributed by atoms with Crippen molar-refractivity contribution in [3.8, 4) is 11.3 Å². The van der Waals surface area contributed by atoms with Gasteiger partial charge in [-0.3, -0.25) is 14.3 Å². The molecule has 8 nitrogen and oxygen atoms in total. The molecule has 1 fully saturated rings. The number of carbonyl (C=O) groups excluding carboxylic acids is 2. The van der Waals surface area contributed by atoms with Crippen LogP contribution in [-0.4, -0.2) is 59.3 Å². The summed E-state index contributed by atoms with van der Waals surface area (Å²) in [6, 6.07) is 0. The SMILES string of the molecule is Cc1c(C(=O)N2CCOCC2)oc2c1-c1nn(CC(=O)NCCC(C)C)cc1CC2. The first-order chi connectivity index (χ1) is 14.4. The van der Waals surface area contributed by atoms with E-state index in [1.54, 1.807) is 9.58 Å². The third-order valence-corrected chi connectivity index (χ3v) is 5.76. The minimum absolute atomic E-state index is 0.0391. The van der Waals surface area contributed by atoms with Gasteiger partial charge in [0.05, 0.1) is 18.9 Å². The van der Waals surface area contributed by atoms with Gasteiger partial charge in [0.25, 0.3) is 5.91 Å². The maximum Gasteiger partial charge on any atom is 0.290 e. The summed E-state index contributed by atoms with van der Waals surface area (Å²) in [5, 5.41) is 7.62. The lowest BCUT2D eigenvalue weighted by Crippen LogP contribution is -2.40. The van der Waals surface area contributed by atoms with Crippen LogP contribution in [0.3, 0.4) is 0 Å². The number of rotatable bonds is 6. The Morgan fingerprint density at radius 1 is 1.23 bits per heavy atom. The number of hydrogen-bond acceptors (Lipinski definition) is 5. The number of hydrogen-bond donors (Lipinski definition) is 1. The lowest BCUT2D eigenvalue weighted by molar-refractivity contribution is -0.121. The Balaban J connectivity index is 1.52. The van der Waals surface area contributed by atoms with Gasteiger partial charge in [0.1, 0.15) is 12.3 Å². The van der Waals surface area contributed by atoms with Crippen molar-refractivity contribution < 1.29 is 18.7 Å². The van der Waals surface area contributed by atoms with Crippen LogP contribution in [-0.2, 0) is 28.9 Å². The molecule has 0 saturated carbocycles. The van der Waals surface area contributed by atoms with Crippen LogP contribution >= 0.6 is 0 Å². The molecule has 162 valence electrons. The molecule has 0 spiro atoms. The molecule has 2 aromatic heterocycles. The predicted molar refractivity (Wildman–Crippen MR) is 111 cm³/mol. The minimum atomic E-state index is -0.0873. The van der Waals surface area contributed by atoms with Crippen LogP contribution in [0.15, 0.2) is 10.6 Å². The molecule has 30 heavy (non-hydrogen) atoms. The van der Waals surface area contributed by atoms with E-state index in [0.717, 1.165) is 47.4 Å². The van der Waals surface area contributed by atoms with Crippen molar-refractivity contribution in [3.05, 3.63) is 28.8 Å². The molecule has 0 aromatic carbocycles. The molecular formula is C22H30N4O4. The molecule has 1 aliphatic carbocycles. The van der Waals surface area contributed by atoms with Crippen molar-refractivity contribution in [1.29, 1.82) is 0 Å². The highest BCUT2D eigenvalue weighted by molar-refractivity contribution is 5.95. The van der Waals surface area contributed by atoms with Crippen molar-refractivity contribution in [2.45, 2.75) is 46.6 Å². The van der Waals surface area contributed by atoms with E-state index in [1.807, 2.05) is 13.1 Å². The van der Waals surface area contributed by atoms with Crippen LogP contribution in [0, 0.1) is 12.8 Å². The van der Waals surface area contributed by atoms with Gasteiger partial charge in [0.15, 0.2) is 5.76 Å². The van der Waals surface area contributed by atoms with E-state index in [9.17, 15) is 9.59 Å². The van der Waals surface area contributed by atoms with E-state index in [4.69, 9.17) is 9.15 Å². The summed E-state index contributed by atoms with van der Waals surface area (Å²) in [6.45, 7) is 9.32. The van der Waals surface area contributed by atoms with Crippen LogP contribution < -0.4 is 5.32 Å². The molecule has 0 radical (unpaired) electrons. The molecule has 3 heterocycles. The standard InChI is InChI=1S/C22H30N4O4/c1-14(2)6-7-23-18(27)13-26-12-16-4-5-17-19(20(16)24-26)15(3)21(30-17)22(28)25-8-10-29-11-9-25/h12,14H,4-11,13H2,1-3H3,(H,23,27). The first kappa shape index (κ1) is 20.7. The molecule has 0 atom stereocenters. The summed E-state index contributed by atoms with van der Waals surface area (Å²) in [7, 11) is 0. The van der Waals surface area contributed by atoms with Crippen molar-refractivity contribution in [3.63, 3.8) is 0 Å². The number of aromatic nitrogens is 2. The van der Waals surface area contributed by atoms with E-state index in [1.165, 1.54) is 0 Å². The van der Waals surface area contributed by atoms with Gasteiger partial charge in [-0.15, -0.1) is 0 Å². The average Bonchev–Trinajstić information content (AvgIpc) is 3.28. The van der Waals surface area contributed by atoms with E-state index >= 15 is 0 Å². The van der Waals surface area contributed by atoms with Crippen LogP contribution in [0.2, 0.25) is 0 Å². The number of carbonyl (C=O) groups is 2. The van der Waals surface area contributed by atoms with Crippen LogP contribution in [0.1, 0.15) is 47.7 Å². The number of furan rings is 1. The molecule has 1 aliphatic heterocycles. The monoisotopic (exact) mass is 414 g/mol. The maximum atomic E-state index is 12.9. The number of aryl methyl sites for hydroxylation is 2. The number of ether oxygens (including phenoxy) is 1. The van der Waals surface area contributed by atoms with Gasteiger partial charge < -0.3 is 19.4 Å². The van der Waals surface area contributed by atoms with Crippen molar-refractivity contribution >= 4 is 11.8 Å². The largest absolute Gasteiger partial charge is 0.455 e. The van der Waals surface area contributed by atoms with E-state index in [2.05, 4.69) is 24.3 Å². The first-order valence-corrected chi connectivity index (χ1v) is 10.8. The zero-order valence-corrected chi connectivity index (χ0v) is 18.0. The fourth-order valence-electron chi connectivity index (χ4n) is 4.06. The number of fused-ring (bicyclic) bond motifs is 3. The third-order valence-electron chi connectivity index (χ3n) is 5.76. The highest BCUT2D eigenvalue weighted by atomic mass is 16.5. The van der Waals surface area contributed by atoms with Crippen LogP contribution in [0.4, 0.5) is 0 Å². The first-order valence-electron chi connectivity index (χ1n) is 10.8. The Kier molecular flexibility index (Phi) is 5.94. The van der Waals surface area contributed by atoms with Crippen molar-refractivity contribution in [2.75, 3.05) is 32.8 Å². The van der Waals surface area contributed by atoms with Crippen molar-refractivity contribution in [1.82, 2.24) is 20.0 Å². The number of nitrogens with one attached hydrogen (secondary N) is 1. The molecular weight excluding hydrogens is 384 g/mol. The lowest BCUT2D eigenvalue weighted by atomic mass is 9.93. The Bertz CT molecular complexity index is 937. The van der Waals surface area contributed by atoms with Crippen LogP contribution in [0.25, 0.3) is 11.3 Å². The van der Waals surface area contributed by atoms with Gasteiger partial charge in [0, 0.05) is 43.4 Å². The normalized spacial score (nSPS) is 15.8. The topological polar surface area (TPSA) is 89.6 Å². The van der Waals surface area contributed by atoms with Crippen molar-refractivity contribution in [2.24, 2.45) is 5.92 Å². The number of amides is 2. The fourth-order valence-corrected chi connectivity index (χ4v) is 4.06. The van der Waals surface area contributed by atoms with Gasteiger partial charge >= 0.3 is 0 Å². The fraction of sp³-hybridized carbons (Fsp3) is 0.591. The molecule has 2 amide bonds. The zero-order chi connectivity index (χ0) is 21.3. The molecule has 0 unspecified atom stereocenters. The maximum absolute atomic E-state index is 12.9. The van der Waals surface area contributed by atoms with E-state index < -0.39 is 0 Å². The van der Waals surface area contributed by atoms with Gasteiger partial charge in [-0.1, -0.05) is 13.8 Å². The van der Waals surface area contributed by atoms with E-state index in [0.29, 0.717) is 44.5 Å². The predicted octanol–water partition coefficient (Wildman–Crippen LogP) is 2.18. The molecule has 8 heteroatoms. The Morgan fingerprint density at radius 3 is 2.73 bits per heavy atom. The van der Waals surface area contributed by atoms with Crippen LogP contribution in [0.5, 0.6) is 0 Å². The Hall–Kier alpha value is -2.61. The van der Waals surface area contributed by atoms with Gasteiger partial charge in [-0.2, -0.15) is 5.10 Å². The highest BCUT2D eigenvalue weighted by Crippen LogP contribution is 2.38. The van der Waals surface area contributed by atoms with E-state index in [-0.39, 0.29) is 18.4 Å². The minimum Gasteiger partial charge on any atom is -0.455 e. The second kappa shape index (κ2) is 8.63. The third kappa shape index (κ3) is 4.14.